The van der Waals surface area contributed by atoms with Crippen LogP contribution >= 0.6 is 0 Å². The molecule has 0 radical (unpaired) electrons. The van der Waals surface area contributed by atoms with Crippen molar-refractivity contribution in [3.63, 3.8) is 0 Å². The molecule has 0 spiro atoms. The molecule has 0 saturated carbocycles. The van der Waals surface area contributed by atoms with Gasteiger partial charge in [0.05, 0.1) is 19.8 Å². The number of amides is 1. The van der Waals surface area contributed by atoms with Crippen molar-refractivity contribution in [1.82, 2.24) is 4.90 Å². The Morgan fingerprint density at radius 2 is 1.76 bits per heavy atom. The van der Waals surface area contributed by atoms with Gasteiger partial charge in [0, 0.05) is 20.8 Å². The minimum atomic E-state index is -1.06. The third kappa shape index (κ3) is 8.61. The molecule has 0 aromatic rings. The van der Waals surface area contributed by atoms with Crippen LogP contribution in [0.2, 0.25) is 0 Å². The van der Waals surface area contributed by atoms with Crippen molar-refractivity contribution in [3.8, 4) is 0 Å². The first kappa shape index (κ1) is 15.8. The molecular formula is C10H19NO6. The predicted octanol–water partition coefficient (Wildman–Crippen LogP) is -0.791. The van der Waals surface area contributed by atoms with Gasteiger partial charge in [0.15, 0.2) is 0 Å². The quantitative estimate of drug-likeness (QED) is 0.511. The van der Waals surface area contributed by atoms with E-state index in [4.69, 9.17) is 19.3 Å². The predicted molar refractivity (Wildman–Crippen MR) is 58.8 cm³/mol. The number of hydrogen-bond acceptors (Lipinski definition) is 5. The maximum Gasteiger partial charge on any atom is 0.323 e. The van der Waals surface area contributed by atoms with Crippen LogP contribution in [0.5, 0.6) is 0 Å². The van der Waals surface area contributed by atoms with Gasteiger partial charge in [-0.2, -0.15) is 0 Å². The topological polar surface area (TPSA) is 85.3 Å². The number of carbonyl (C=O) groups is 2. The van der Waals surface area contributed by atoms with Crippen molar-refractivity contribution in [2.75, 3.05) is 53.7 Å². The van der Waals surface area contributed by atoms with E-state index in [1.165, 1.54) is 19.1 Å². The number of methoxy groups -OCH3 is 2. The second-order valence-corrected chi connectivity index (χ2v) is 3.25. The number of rotatable bonds is 10. The van der Waals surface area contributed by atoms with Gasteiger partial charge in [-0.15, -0.1) is 0 Å². The molecule has 0 rings (SSSR count). The molecule has 0 aliphatic carbocycles. The van der Waals surface area contributed by atoms with E-state index in [0.717, 1.165) is 0 Å². The molecule has 17 heavy (non-hydrogen) atoms. The summed E-state index contributed by atoms with van der Waals surface area (Å²) in [7, 11) is 3.01. The average molecular weight is 249 g/mol. The highest BCUT2D eigenvalue weighted by atomic mass is 16.5. The Balaban J connectivity index is 3.98. The summed E-state index contributed by atoms with van der Waals surface area (Å²) < 4.78 is 14.6. The third-order valence-corrected chi connectivity index (χ3v) is 1.90. The van der Waals surface area contributed by atoms with E-state index < -0.39 is 5.97 Å². The van der Waals surface area contributed by atoms with Crippen LogP contribution in [0, 0.1) is 0 Å². The monoisotopic (exact) mass is 249 g/mol. The molecule has 100 valence electrons. The molecule has 0 heterocycles. The van der Waals surface area contributed by atoms with Crippen molar-refractivity contribution in [2.45, 2.75) is 0 Å². The molecule has 0 aliphatic heterocycles. The van der Waals surface area contributed by atoms with Crippen molar-refractivity contribution in [1.29, 1.82) is 0 Å². The fraction of sp³-hybridized carbons (Fsp3) is 0.800. The van der Waals surface area contributed by atoms with Gasteiger partial charge in [0.25, 0.3) is 0 Å². The summed E-state index contributed by atoms with van der Waals surface area (Å²) in [6.45, 7) is 0.709. The summed E-state index contributed by atoms with van der Waals surface area (Å²) in [6, 6.07) is 0. The van der Waals surface area contributed by atoms with E-state index in [9.17, 15) is 9.59 Å². The first-order valence-electron chi connectivity index (χ1n) is 5.17. The number of aliphatic carboxylic acids is 1. The van der Waals surface area contributed by atoms with Gasteiger partial charge in [-0.1, -0.05) is 0 Å². The van der Waals surface area contributed by atoms with Crippen LogP contribution in [0.3, 0.4) is 0 Å². The zero-order chi connectivity index (χ0) is 13.1. The highest BCUT2D eigenvalue weighted by molar-refractivity contribution is 5.82. The summed E-state index contributed by atoms with van der Waals surface area (Å²) in [6.07, 6.45) is 0. The first-order chi connectivity index (χ1) is 8.11. The van der Waals surface area contributed by atoms with E-state index in [1.54, 1.807) is 0 Å². The van der Waals surface area contributed by atoms with E-state index in [0.29, 0.717) is 13.2 Å². The number of carboxylic acids is 1. The van der Waals surface area contributed by atoms with Crippen LogP contribution in [-0.2, 0) is 23.8 Å². The zero-order valence-corrected chi connectivity index (χ0v) is 10.2. The summed E-state index contributed by atoms with van der Waals surface area (Å²) in [4.78, 5) is 23.3. The van der Waals surface area contributed by atoms with Gasteiger partial charge in [-0.3, -0.25) is 9.59 Å². The molecule has 0 aliphatic rings. The summed E-state index contributed by atoms with van der Waals surface area (Å²) >= 11 is 0. The zero-order valence-electron chi connectivity index (χ0n) is 10.2. The van der Waals surface area contributed by atoms with Crippen molar-refractivity contribution in [3.05, 3.63) is 0 Å². The normalized spacial score (nSPS) is 10.2. The second-order valence-electron chi connectivity index (χ2n) is 3.25. The lowest BCUT2D eigenvalue weighted by Crippen LogP contribution is -2.40. The Labute approximate surface area is 100 Å². The van der Waals surface area contributed by atoms with Crippen molar-refractivity contribution >= 4 is 11.9 Å². The SMILES string of the molecule is COCCOCC(=O)N(CCOC)CC(=O)O. The van der Waals surface area contributed by atoms with Crippen LogP contribution in [0.4, 0.5) is 0 Å². The standard InChI is InChI=1S/C10H19NO6/c1-15-4-3-11(7-10(13)14)9(12)8-17-6-5-16-2/h3-8H2,1-2H3,(H,13,14). The second kappa shape index (κ2) is 10.0. The maximum atomic E-state index is 11.6. The number of nitrogens with zero attached hydrogens (tertiary/aromatic N) is 1. The van der Waals surface area contributed by atoms with E-state index in [2.05, 4.69) is 0 Å². The number of hydrogen-bond donors (Lipinski definition) is 1. The largest absolute Gasteiger partial charge is 0.480 e. The van der Waals surface area contributed by atoms with Crippen LogP contribution in [0.25, 0.3) is 0 Å². The molecule has 1 N–H and O–H groups in total. The van der Waals surface area contributed by atoms with Crippen molar-refractivity contribution < 1.29 is 28.9 Å². The van der Waals surface area contributed by atoms with E-state index in [1.807, 2.05) is 0 Å². The lowest BCUT2D eigenvalue weighted by molar-refractivity contribution is -0.147. The molecule has 0 bridgehead atoms. The fourth-order valence-corrected chi connectivity index (χ4v) is 1.05. The van der Waals surface area contributed by atoms with E-state index in [-0.39, 0.29) is 32.2 Å². The molecule has 7 heteroatoms. The number of ether oxygens (including phenoxy) is 3. The van der Waals surface area contributed by atoms with Gasteiger partial charge < -0.3 is 24.2 Å². The Bertz CT molecular complexity index is 233. The highest BCUT2D eigenvalue weighted by Gasteiger charge is 2.16. The third-order valence-electron chi connectivity index (χ3n) is 1.90. The molecule has 0 unspecified atom stereocenters. The molecule has 0 fully saturated rings. The van der Waals surface area contributed by atoms with Crippen LogP contribution in [0.15, 0.2) is 0 Å². The average Bonchev–Trinajstić information content (AvgIpc) is 2.29. The first-order valence-corrected chi connectivity index (χ1v) is 5.17. The smallest absolute Gasteiger partial charge is 0.323 e. The summed E-state index contributed by atoms with van der Waals surface area (Å²) in [5, 5.41) is 8.65. The van der Waals surface area contributed by atoms with Gasteiger partial charge >= 0.3 is 5.97 Å². The summed E-state index contributed by atoms with van der Waals surface area (Å²) in [5.41, 5.74) is 0. The van der Waals surface area contributed by atoms with Crippen LogP contribution in [-0.4, -0.2) is 75.6 Å². The molecule has 0 saturated heterocycles. The van der Waals surface area contributed by atoms with Crippen LogP contribution in [0.1, 0.15) is 0 Å². The lowest BCUT2D eigenvalue weighted by atomic mass is 10.4. The Kier molecular flexibility index (Phi) is 9.31. The Morgan fingerprint density at radius 3 is 2.29 bits per heavy atom. The molecular weight excluding hydrogens is 230 g/mol. The molecule has 0 atom stereocenters. The number of carbonyl (C=O) groups excluding carboxylic acids is 1. The Morgan fingerprint density at radius 1 is 1.12 bits per heavy atom. The maximum absolute atomic E-state index is 11.6. The molecule has 0 aromatic heterocycles. The van der Waals surface area contributed by atoms with Gasteiger partial charge in [-0.25, -0.2) is 0 Å². The minimum Gasteiger partial charge on any atom is -0.480 e. The fourth-order valence-electron chi connectivity index (χ4n) is 1.05. The number of carboxylic acid groups (broad SMARTS) is 1. The summed E-state index contributed by atoms with van der Waals surface area (Å²) in [5.74, 6) is -1.44. The van der Waals surface area contributed by atoms with Gasteiger partial charge in [-0.05, 0) is 0 Å². The Hall–Kier alpha value is -1.18. The van der Waals surface area contributed by atoms with Crippen LogP contribution < -0.4 is 0 Å². The van der Waals surface area contributed by atoms with Crippen molar-refractivity contribution in [2.24, 2.45) is 0 Å². The van der Waals surface area contributed by atoms with Gasteiger partial charge in [0.2, 0.25) is 5.91 Å². The molecule has 7 nitrogen and oxygen atoms in total. The van der Waals surface area contributed by atoms with E-state index >= 15 is 0 Å². The molecule has 1 amide bonds. The minimum absolute atomic E-state index is 0.152. The molecule has 0 aromatic carbocycles. The lowest BCUT2D eigenvalue weighted by Gasteiger charge is -2.20. The van der Waals surface area contributed by atoms with Gasteiger partial charge in [0.1, 0.15) is 13.2 Å². The highest BCUT2D eigenvalue weighted by Crippen LogP contribution is 1.92.